The van der Waals surface area contributed by atoms with Gasteiger partial charge in [-0.15, -0.1) is 0 Å². The summed E-state index contributed by atoms with van der Waals surface area (Å²) < 4.78 is 0. The molecule has 1 unspecified atom stereocenters. The van der Waals surface area contributed by atoms with Gasteiger partial charge in [0.25, 0.3) is 5.56 Å². The summed E-state index contributed by atoms with van der Waals surface area (Å²) >= 11 is 0. The minimum absolute atomic E-state index is 0.0854. The van der Waals surface area contributed by atoms with Crippen molar-refractivity contribution < 1.29 is 4.79 Å². The summed E-state index contributed by atoms with van der Waals surface area (Å²) in [7, 11) is 0. The fourth-order valence-electron chi connectivity index (χ4n) is 2.60. The maximum atomic E-state index is 12.3. The summed E-state index contributed by atoms with van der Waals surface area (Å²) in [5.74, 6) is -0.192. The maximum absolute atomic E-state index is 12.3. The van der Waals surface area contributed by atoms with Crippen LogP contribution in [0.5, 0.6) is 0 Å². The summed E-state index contributed by atoms with van der Waals surface area (Å²) in [6.45, 7) is 1.61. The summed E-state index contributed by atoms with van der Waals surface area (Å²) in [4.78, 5) is 30.8. The number of pyridine rings is 2. The van der Waals surface area contributed by atoms with Gasteiger partial charge in [-0.1, -0.05) is 0 Å². The number of hydrogen-bond acceptors (Lipinski definition) is 4. The van der Waals surface area contributed by atoms with Gasteiger partial charge in [0.05, 0.1) is 5.92 Å². The van der Waals surface area contributed by atoms with Crippen molar-refractivity contribution in [2.24, 2.45) is 5.92 Å². The lowest BCUT2D eigenvalue weighted by Gasteiger charge is -2.21. The molecule has 0 radical (unpaired) electrons. The third-order valence-electron chi connectivity index (χ3n) is 3.84. The third kappa shape index (κ3) is 3.23. The first-order valence-corrected chi connectivity index (χ1v) is 7.39. The summed E-state index contributed by atoms with van der Waals surface area (Å²) in [6, 6.07) is 5.40. The molecule has 6 nitrogen and oxygen atoms in total. The second-order valence-corrected chi connectivity index (χ2v) is 5.40. The zero-order valence-corrected chi connectivity index (χ0v) is 12.1. The molecule has 1 atom stereocenters. The van der Waals surface area contributed by atoms with Crippen LogP contribution in [0.25, 0.3) is 11.1 Å². The Morgan fingerprint density at radius 3 is 2.82 bits per heavy atom. The van der Waals surface area contributed by atoms with Crippen LogP contribution in [0.2, 0.25) is 0 Å². The Morgan fingerprint density at radius 1 is 1.27 bits per heavy atom. The number of nitrogens with one attached hydrogen (secondary N) is 3. The molecule has 1 amide bonds. The molecule has 3 rings (SSSR count). The molecule has 1 fully saturated rings. The highest BCUT2D eigenvalue weighted by atomic mass is 16.2. The minimum atomic E-state index is -0.296. The Morgan fingerprint density at radius 2 is 2.09 bits per heavy atom. The van der Waals surface area contributed by atoms with Crippen LogP contribution in [0.1, 0.15) is 12.8 Å². The van der Waals surface area contributed by atoms with Gasteiger partial charge >= 0.3 is 0 Å². The lowest BCUT2D eigenvalue weighted by molar-refractivity contribution is -0.120. The van der Waals surface area contributed by atoms with Crippen molar-refractivity contribution in [3.8, 4) is 11.1 Å². The second kappa shape index (κ2) is 6.53. The fraction of sp³-hybridized carbons (Fsp3) is 0.312. The minimum Gasteiger partial charge on any atom is -0.327 e. The van der Waals surface area contributed by atoms with Crippen molar-refractivity contribution in [1.29, 1.82) is 0 Å². The average Bonchev–Trinajstić information content (AvgIpc) is 2.58. The van der Waals surface area contributed by atoms with Gasteiger partial charge in [-0.05, 0) is 43.1 Å². The molecule has 0 spiro atoms. The van der Waals surface area contributed by atoms with Crippen LogP contribution in [0.15, 0.2) is 41.6 Å². The average molecular weight is 298 g/mol. The molecule has 22 heavy (non-hydrogen) atoms. The van der Waals surface area contributed by atoms with Crippen LogP contribution in [0.4, 0.5) is 5.69 Å². The van der Waals surface area contributed by atoms with Crippen molar-refractivity contribution in [3.63, 3.8) is 0 Å². The van der Waals surface area contributed by atoms with Crippen LogP contribution in [0, 0.1) is 5.92 Å². The molecule has 0 bridgehead atoms. The van der Waals surface area contributed by atoms with Crippen LogP contribution in [-0.2, 0) is 4.79 Å². The van der Waals surface area contributed by atoms with Crippen LogP contribution in [0.3, 0.4) is 0 Å². The molecule has 2 aromatic heterocycles. The quantitative estimate of drug-likeness (QED) is 0.799. The van der Waals surface area contributed by atoms with Crippen LogP contribution < -0.4 is 16.2 Å². The molecule has 2 aromatic rings. The number of aromatic nitrogens is 2. The molecule has 114 valence electrons. The van der Waals surface area contributed by atoms with Gasteiger partial charge in [0.15, 0.2) is 0 Å². The predicted octanol–water partition coefficient (Wildman–Crippen LogP) is 1.37. The summed E-state index contributed by atoms with van der Waals surface area (Å²) in [6.07, 6.45) is 6.83. The molecular formula is C16H18N4O2. The van der Waals surface area contributed by atoms with E-state index in [1.807, 2.05) is 12.1 Å². The van der Waals surface area contributed by atoms with E-state index in [9.17, 15) is 9.59 Å². The Labute approximate surface area is 128 Å². The van der Waals surface area contributed by atoms with E-state index >= 15 is 0 Å². The van der Waals surface area contributed by atoms with E-state index in [0.29, 0.717) is 6.54 Å². The number of amides is 1. The van der Waals surface area contributed by atoms with E-state index in [4.69, 9.17) is 0 Å². The molecule has 1 saturated heterocycles. The third-order valence-corrected chi connectivity index (χ3v) is 3.84. The number of carbonyl (C=O) groups is 1. The number of carbonyl (C=O) groups excluding carboxylic acids is 1. The molecule has 6 heteroatoms. The standard InChI is InChI=1S/C16H18N4O2/c21-15(12-2-1-5-18-9-12)20-14-8-13(10-19-16(14)22)11-3-6-17-7-4-11/h3-4,6-8,10,12,18H,1-2,5,9H2,(H,19,22)(H,20,21). The Kier molecular flexibility index (Phi) is 4.29. The van der Waals surface area contributed by atoms with E-state index in [1.165, 1.54) is 0 Å². The number of hydrogen-bond donors (Lipinski definition) is 3. The van der Waals surface area contributed by atoms with Gasteiger partial charge in [-0.3, -0.25) is 14.6 Å². The molecule has 1 aliphatic heterocycles. The summed E-state index contributed by atoms with van der Waals surface area (Å²) in [5, 5.41) is 5.95. The van der Waals surface area contributed by atoms with Crippen molar-refractivity contribution in [3.05, 3.63) is 47.1 Å². The Bertz CT molecular complexity index is 706. The van der Waals surface area contributed by atoms with Gasteiger partial charge in [-0.2, -0.15) is 0 Å². The number of piperidine rings is 1. The van der Waals surface area contributed by atoms with Gasteiger partial charge in [0, 0.05) is 30.7 Å². The highest BCUT2D eigenvalue weighted by Crippen LogP contribution is 2.19. The van der Waals surface area contributed by atoms with Crippen LogP contribution >= 0.6 is 0 Å². The highest BCUT2D eigenvalue weighted by molar-refractivity contribution is 5.93. The topological polar surface area (TPSA) is 86.9 Å². The maximum Gasteiger partial charge on any atom is 0.271 e. The van der Waals surface area contributed by atoms with Crippen LogP contribution in [-0.4, -0.2) is 29.0 Å². The predicted molar refractivity (Wildman–Crippen MR) is 84.5 cm³/mol. The van der Waals surface area contributed by atoms with Gasteiger partial charge in [0.1, 0.15) is 5.69 Å². The first-order valence-electron chi connectivity index (χ1n) is 7.39. The number of H-pyrrole nitrogens is 1. The number of rotatable bonds is 3. The number of anilines is 1. The fourth-order valence-corrected chi connectivity index (χ4v) is 2.60. The number of aromatic amines is 1. The number of nitrogens with zero attached hydrogens (tertiary/aromatic N) is 1. The van der Waals surface area contributed by atoms with E-state index in [-0.39, 0.29) is 23.1 Å². The zero-order valence-electron chi connectivity index (χ0n) is 12.1. The van der Waals surface area contributed by atoms with E-state index in [0.717, 1.165) is 30.5 Å². The molecule has 3 heterocycles. The van der Waals surface area contributed by atoms with Gasteiger partial charge in [-0.25, -0.2) is 0 Å². The van der Waals surface area contributed by atoms with E-state index in [1.54, 1.807) is 24.7 Å². The Hall–Kier alpha value is -2.47. The monoisotopic (exact) mass is 298 g/mol. The molecule has 0 aromatic carbocycles. The highest BCUT2D eigenvalue weighted by Gasteiger charge is 2.21. The largest absolute Gasteiger partial charge is 0.327 e. The lowest BCUT2D eigenvalue weighted by atomic mass is 9.99. The van der Waals surface area contributed by atoms with Crippen molar-refractivity contribution in [2.75, 3.05) is 18.4 Å². The molecule has 1 aliphatic rings. The van der Waals surface area contributed by atoms with Crippen molar-refractivity contribution >= 4 is 11.6 Å². The van der Waals surface area contributed by atoms with Gasteiger partial charge in [0.2, 0.25) is 5.91 Å². The first-order chi connectivity index (χ1) is 10.7. The SMILES string of the molecule is O=C(Nc1cc(-c2ccncc2)c[nH]c1=O)C1CCCNC1. The van der Waals surface area contributed by atoms with Crippen molar-refractivity contribution in [2.45, 2.75) is 12.8 Å². The normalized spacial score (nSPS) is 17.9. The molecule has 0 aliphatic carbocycles. The summed E-state index contributed by atoms with van der Waals surface area (Å²) in [5.41, 5.74) is 1.75. The Balaban J connectivity index is 1.81. The van der Waals surface area contributed by atoms with E-state index in [2.05, 4.69) is 20.6 Å². The molecule has 3 N–H and O–H groups in total. The molecular weight excluding hydrogens is 280 g/mol. The lowest BCUT2D eigenvalue weighted by Crippen LogP contribution is -2.38. The second-order valence-electron chi connectivity index (χ2n) is 5.40. The van der Waals surface area contributed by atoms with Gasteiger partial charge < -0.3 is 15.6 Å². The van der Waals surface area contributed by atoms with Crippen molar-refractivity contribution in [1.82, 2.24) is 15.3 Å². The molecule has 0 saturated carbocycles. The first kappa shape index (κ1) is 14.5. The van der Waals surface area contributed by atoms with E-state index < -0.39 is 0 Å². The zero-order chi connectivity index (χ0) is 15.4. The smallest absolute Gasteiger partial charge is 0.271 e.